The topological polar surface area (TPSA) is 63.9 Å². The van der Waals surface area contributed by atoms with Crippen molar-refractivity contribution in [2.45, 2.75) is 32.3 Å². The van der Waals surface area contributed by atoms with Crippen molar-refractivity contribution >= 4 is 29.9 Å². The van der Waals surface area contributed by atoms with Gasteiger partial charge in [0.1, 0.15) is 18.5 Å². The summed E-state index contributed by atoms with van der Waals surface area (Å²) in [6, 6.07) is 8.34. The van der Waals surface area contributed by atoms with Gasteiger partial charge in [-0.25, -0.2) is 0 Å². The van der Waals surface area contributed by atoms with Crippen LogP contribution in [0.25, 0.3) is 0 Å². The highest BCUT2D eigenvalue weighted by Crippen LogP contribution is 2.24. The van der Waals surface area contributed by atoms with E-state index >= 15 is 0 Å². The molecule has 0 spiro atoms. The van der Waals surface area contributed by atoms with E-state index in [0.717, 1.165) is 30.4 Å². The molecule has 166 valence electrons. The molecule has 0 bridgehead atoms. The summed E-state index contributed by atoms with van der Waals surface area (Å²) in [6.07, 6.45) is 3.88. The SMILES string of the molecule is CN=C(NCCOc1ccc(C(C)(C)C)cc1)N1CCOC(c2cnn(C)c2)C1.I. The maximum Gasteiger partial charge on any atom is 0.193 e. The lowest BCUT2D eigenvalue weighted by Crippen LogP contribution is -2.48. The molecular weight excluding hydrogens is 493 g/mol. The molecule has 2 heterocycles. The van der Waals surface area contributed by atoms with E-state index in [9.17, 15) is 0 Å². The Morgan fingerprint density at radius 2 is 2.03 bits per heavy atom. The number of morpholine rings is 1. The molecule has 1 fully saturated rings. The minimum atomic E-state index is 0. The number of aliphatic imine (C=N–C) groups is 1. The number of rotatable bonds is 5. The number of benzene rings is 1. The zero-order valence-electron chi connectivity index (χ0n) is 18.6. The Morgan fingerprint density at radius 3 is 2.63 bits per heavy atom. The average molecular weight is 527 g/mol. The summed E-state index contributed by atoms with van der Waals surface area (Å²) < 4.78 is 13.6. The molecule has 1 N–H and O–H groups in total. The van der Waals surface area contributed by atoms with Gasteiger partial charge in [-0.05, 0) is 23.1 Å². The normalized spacial score (nSPS) is 17.4. The molecule has 3 rings (SSSR count). The third kappa shape index (κ3) is 6.60. The fourth-order valence-corrected chi connectivity index (χ4v) is 3.36. The van der Waals surface area contributed by atoms with Gasteiger partial charge in [-0.3, -0.25) is 9.67 Å². The lowest BCUT2D eigenvalue weighted by Gasteiger charge is -2.34. The molecule has 1 aliphatic rings. The number of ether oxygens (including phenoxy) is 2. The van der Waals surface area contributed by atoms with Crippen LogP contribution in [-0.4, -0.2) is 60.5 Å². The second-order valence-electron chi connectivity index (χ2n) is 8.35. The minimum absolute atomic E-state index is 0. The first-order valence-electron chi connectivity index (χ1n) is 10.2. The van der Waals surface area contributed by atoms with Gasteiger partial charge in [-0.1, -0.05) is 32.9 Å². The van der Waals surface area contributed by atoms with E-state index in [0.29, 0.717) is 19.8 Å². The molecule has 1 aliphatic heterocycles. The van der Waals surface area contributed by atoms with E-state index in [1.807, 2.05) is 38.6 Å². The molecule has 1 aromatic heterocycles. The quantitative estimate of drug-likeness (QED) is 0.280. The van der Waals surface area contributed by atoms with Crippen molar-refractivity contribution in [2.24, 2.45) is 12.0 Å². The maximum atomic E-state index is 5.92. The van der Waals surface area contributed by atoms with Crippen LogP contribution in [0.4, 0.5) is 0 Å². The largest absolute Gasteiger partial charge is 0.492 e. The van der Waals surface area contributed by atoms with Crippen LogP contribution in [0.1, 0.15) is 38.0 Å². The number of aromatic nitrogens is 2. The van der Waals surface area contributed by atoms with Gasteiger partial charge < -0.3 is 19.7 Å². The fraction of sp³-hybridized carbons (Fsp3) is 0.545. The van der Waals surface area contributed by atoms with Crippen molar-refractivity contribution in [2.75, 3.05) is 39.9 Å². The summed E-state index contributed by atoms with van der Waals surface area (Å²) in [7, 11) is 3.73. The Kier molecular flexibility index (Phi) is 8.96. The molecule has 7 nitrogen and oxygen atoms in total. The Balaban J connectivity index is 0.00000320. The van der Waals surface area contributed by atoms with Crippen molar-refractivity contribution in [1.82, 2.24) is 20.0 Å². The monoisotopic (exact) mass is 527 g/mol. The number of hydrogen-bond donors (Lipinski definition) is 1. The van der Waals surface area contributed by atoms with Crippen molar-refractivity contribution in [3.8, 4) is 5.75 Å². The Bertz CT molecular complexity index is 814. The van der Waals surface area contributed by atoms with Crippen molar-refractivity contribution in [3.63, 3.8) is 0 Å². The molecule has 1 atom stereocenters. The molecule has 30 heavy (non-hydrogen) atoms. The third-order valence-electron chi connectivity index (χ3n) is 5.05. The molecule has 1 saturated heterocycles. The van der Waals surface area contributed by atoms with E-state index in [2.05, 4.69) is 53.2 Å². The lowest BCUT2D eigenvalue weighted by atomic mass is 9.87. The second kappa shape index (κ2) is 11.0. The molecule has 8 heteroatoms. The average Bonchev–Trinajstić information content (AvgIpc) is 3.14. The molecule has 0 amide bonds. The number of hydrogen-bond acceptors (Lipinski definition) is 4. The van der Waals surface area contributed by atoms with E-state index in [1.54, 1.807) is 4.68 Å². The fourth-order valence-electron chi connectivity index (χ4n) is 3.36. The lowest BCUT2D eigenvalue weighted by molar-refractivity contribution is -0.00805. The highest BCUT2D eigenvalue weighted by Gasteiger charge is 2.25. The van der Waals surface area contributed by atoms with Crippen LogP contribution in [0.3, 0.4) is 0 Å². The smallest absolute Gasteiger partial charge is 0.193 e. The first kappa shape index (κ1) is 24.5. The van der Waals surface area contributed by atoms with Crippen molar-refractivity contribution in [1.29, 1.82) is 0 Å². The number of nitrogens with one attached hydrogen (secondary N) is 1. The highest BCUT2D eigenvalue weighted by molar-refractivity contribution is 14.0. The zero-order chi connectivity index (χ0) is 20.9. The van der Waals surface area contributed by atoms with Gasteiger partial charge in [0.2, 0.25) is 0 Å². The molecule has 1 unspecified atom stereocenters. The van der Waals surface area contributed by atoms with Gasteiger partial charge >= 0.3 is 0 Å². The van der Waals surface area contributed by atoms with Gasteiger partial charge in [0.15, 0.2) is 5.96 Å². The Morgan fingerprint density at radius 1 is 1.30 bits per heavy atom. The van der Waals surface area contributed by atoms with Crippen LogP contribution in [0.15, 0.2) is 41.7 Å². The highest BCUT2D eigenvalue weighted by atomic mass is 127. The van der Waals surface area contributed by atoms with Crippen LogP contribution >= 0.6 is 24.0 Å². The molecule has 2 aromatic rings. The van der Waals surface area contributed by atoms with Gasteiger partial charge in [0.25, 0.3) is 0 Å². The van der Waals surface area contributed by atoms with Crippen LogP contribution in [-0.2, 0) is 17.2 Å². The predicted octanol–water partition coefficient (Wildman–Crippen LogP) is 3.36. The first-order valence-corrected chi connectivity index (χ1v) is 10.2. The predicted molar refractivity (Wildman–Crippen MR) is 131 cm³/mol. The molecule has 0 radical (unpaired) electrons. The van der Waals surface area contributed by atoms with E-state index in [4.69, 9.17) is 9.47 Å². The Hall–Kier alpha value is -1.81. The van der Waals surface area contributed by atoms with E-state index in [1.165, 1.54) is 5.56 Å². The van der Waals surface area contributed by atoms with Crippen LogP contribution in [0.2, 0.25) is 0 Å². The minimum Gasteiger partial charge on any atom is -0.492 e. The number of aryl methyl sites for hydroxylation is 1. The summed E-state index contributed by atoms with van der Waals surface area (Å²) in [6.45, 7) is 10.1. The van der Waals surface area contributed by atoms with E-state index < -0.39 is 0 Å². The summed E-state index contributed by atoms with van der Waals surface area (Å²) >= 11 is 0. The van der Waals surface area contributed by atoms with Crippen molar-refractivity contribution < 1.29 is 9.47 Å². The van der Waals surface area contributed by atoms with Gasteiger partial charge in [0.05, 0.1) is 25.9 Å². The van der Waals surface area contributed by atoms with Gasteiger partial charge in [-0.2, -0.15) is 5.10 Å². The molecule has 0 aliphatic carbocycles. The summed E-state index contributed by atoms with van der Waals surface area (Å²) in [4.78, 5) is 6.65. The standard InChI is InChI=1S/C22H33N5O2.HI/c1-22(2,3)18-6-8-19(9-7-18)28-12-10-24-21(23-4)27-11-13-29-20(16-27)17-14-25-26(5)15-17;/h6-9,14-15,20H,10-13,16H2,1-5H3,(H,23,24);1H. The summed E-state index contributed by atoms with van der Waals surface area (Å²) in [5.74, 6) is 1.76. The zero-order valence-corrected chi connectivity index (χ0v) is 20.9. The van der Waals surface area contributed by atoms with E-state index in [-0.39, 0.29) is 35.5 Å². The molecular formula is C22H34IN5O2. The number of nitrogens with zero attached hydrogens (tertiary/aromatic N) is 4. The Labute approximate surface area is 196 Å². The second-order valence-corrected chi connectivity index (χ2v) is 8.35. The van der Waals surface area contributed by atoms with Crippen molar-refractivity contribution in [3.05, 3.63) is 47.8 Å². The number of guanidine groups is 1. The van der Waals surface area contributed by atoms with Crippen LogP contribution < -0.4 is 10.1 Å². The molecule has 0 saturated carbocycles. The van der Waals surface area contributed by atoms with Gasteiger partial charge in [-0.15, -0.1) is 24.0 Å². The van der Waals surface area contributed by atoms with Crippen LogP contribution in [0.5, 0.6) is 5.75 Å². The first-order chi connectivity index (χ1) is 13.9. The maximum absolute atomic E-state index is 5.92. The van der Waals surface area contributed by atoms with Gasteiger partial charge in [0, 0.05) is 32.4 Å². The molecule has 1 aromatic carbocycles. The number of halogens is 1. The third-order valence-corrected chi connectivity index (χ3v) is 5.05. The summed E-state index contributed by atoms with van der Waals surface area (Å²) in [5.41, 5.74) is 2.55. The van der Waals surface area contributed by atoms with Crippen LogP contribution in [0, 0.1) is 0 Å². The summed E-state index contributed by atoms with van der Waals surface area (Å²) in [5, 5.41) is 7.64.